The number of amides is 1. The van der Waals surface area contributed by atoms with Crippen molar-refractivity contribution in [3.63, 3.8) is 0 Å². The summed E-state index contributed by atoms with van der Waals surface area (Å²) in [5, 5.41) is 14.6. The third kappa shape index (κ3) is 4.49. The summed E-state index contributed by atoms with van der Waals surface area (Å²) in [6.45, 7) is 0. The molecule has 0 aliphatic heterocycles. The molecule has 0 radical (unpaired) electrons. The summed E-state index contributed by atoms with van der Waals surface area (Å²) in [7, 11) is 1.45. The number of benzene rings is 2. The average Bonchev–Trinajstić information content (AvgIpc) is 3.18. The maximum atomic E-state index is 12.2. The first-order chi connectivity index (χ1) is 13.6. The van der Waals surface area contributed by atoms with Gasteiger partial charge < -0.3 is 9.15 Å². The number of non-ortho nitro benzene ring substituents is 1. The maximum Gasteiger partial charge on any atom is 0.273 e. The molecule has 1 aromatic heterocycles. The second kappa shape index (κ2) is 8.74. The third-order valence-electron chi connectivity index (χ3n) is 3.93. The molecule has 0 unspecified atom stereocenters. The second-order valence-corrected chi connectivity index (χ2v) is 5.77. The number of furan rings is 1. The SMILES string of the molecule is CO[C@H](C(=O)N/N=C\c1ccc(-c2ccc([N+](=O)[O-])cc2)o1)c1ccccc1. The predicted octanol–water partition coefficient (Wildman–Crippen LogP) is 3.69. The smallest absolute Gasteiger partial charge is 0.273 e. The fourth-order valence-electron chi connectivity index (χ4n) is 2.57. The Morgan fingerprint density at radius 3 is 2.50 bits per heavy atom. The number of nitrogens with one attached hydrogen (secondary N) is 1. The highest BCUT2D eigenvalue weighted by Crippen LogP contribution is 2.24. The topological polar surface area (TPSA) is 107 Å². The van der Waals surface area contributed by atoms with Crippen LogP contribution in [-0.2, 0) is 9.53 Å². The van der Waals surface area contributed by atoms with Crippen LogP contribution in [0.15, 0.2) is 76.2 Å². The van der Waals surface area contributed by atoms with E-state index < -0.39 is 16.9 Å². The molecule has 1 atom stereocenters. The predicted molar refractivity (Wildman–Crippen MR) is 103 cm³/mol. The van der Waals surface area contributed by atoms with Gasteiger partial charge in [-0.1, -0.05) is 30.3 Å². The summed E-state index contributed by atoms with van der Waals surface area (Å²) in [6, 6.07) is 18.5. The summed E-state index contributed by atoms with van der Waals surface area (Å²) in [5.41, 5.74) is 3.84. The van der Waals surface area contributed by atoms with Crippen LogP contribution < -0.4 is 5.43 Å². The molecule has 0 aliphatic carbocycles. The zero-order valence-corrected chi connectivity index (χ0v) is 14.9. The van der Waals surface area contributed by atoms with Crippen molar-refractivity contribution in [3.05, 3.63) is 88.2 Å². The van der Waals surface area contributed by atoms with E-state index in [-0.39, 0.29) is 5.69 Å². The van der Waals surface area contributed by atoms with E-state index in [1.54, 1.807) is 36.4 Å². The van der Waals surface area contributed by atoms with E-state index in [1.165, 1.54) is 25.5 Å². The number of ether oxygens (including phenoxy) is 1. The van der Waals surface area contributed by atoms with Crippen molar-refractivity contribution in [2.75, 3.05) is 7.11 Å². The van der Waals surface area contributed by atoms with Crippen molar-refractivity contribution in [1.82, 2.24) is 5.43 Å². The summed E-state index contributed by atoms with van der Waals surface area (Å²) in [5.74, 6) is 0.538. The highest BCUT2D eigenvalue weighted by Gasteiger charge is 2.19. The van der Waals surface area contributed by atoms with Crippen molar-refractivity contribution >= 4 is 17.8 Å². The molecule has 0 aliphatic rings. The normalized spacial score (nSPS) is 12.0. The quantitative estimate of drug-likeness (QED) is 0.383. The monoisotopic (exact) mass is 379 g/mol. The molecule has 0 fully saturated rings. The lowest BCUT2D eigenvalue weighted by atomic mass is 10.1. The molecule has 0 saturated carbocycles. The standard InChI is InChI=1S/C20H17N3O5/c1-27-19(15-5-3-2-4-6-15)20(24)22-21-13-17-11-12-18(28-17)14-7-9-16(10-8-14)23(25)26/h2-13,19H,1H3,(H,22,24)/b21-13-/t19-/m0/s1. The number of hydrogen-bond acceptors (Lipinski definition) is 6. The molecule has 3 aromatic rings. The first-order valence-corrected chi connectivity index (χ1v) is 8.34. The fourth-order valence-corrected chi connectivity index (χ4v) is 2.57. The Balaban J connectivity index is 1.63. The van der Waals surface area contributed by atoms with E-state index in [1.807, 2.05) is 18.2 Å². The molecule has 1 N–H and O–H groups in total. The Labute approximate surface area is 160 Å². The maximum absolute atomic E-state index is 12.2. The number of nitrogens with zero attached hydrogens (tertiary/aromatic N) is 2. The molecule has 3 rings (SSSR count). The van der Waals surface area contributed by atoms with E-state index in [0.29, 0.717) is 17.1 Å². The average molecular weight is 379 g/mol. The van der Waals surface area contributed by atoms with Crippen LogP contribution in [0.2, 0.25) is 0 Å². The van der Waals surface area contributed by atoms with Crippen LogP contribution in [0.3, 0.4) is 0 Å². The van der Waals surface area contributed by atoms with Gasteiger partial charge in [-0.25, -0.2) is 5.43 Å². The molecule has 8 nitrogen and oxygen atoms in total. The molecule has 1 heterocycles. The molecule has 0 saturated heterocycles. The number of carbonyl (C=O) groups is 1. The lowest BCUT2D eigenvalue weighted by molar-refractivity contribution is -0.384. The van der Waals surface area contributed by atoms with Crippen molar-refractivity contribution < 1.29 is 18.9 Å². The van der Waals surface area contributed by atoms with Crippen LogP contribution in [0.1, 0.15) is 17.4 Å². The Kier molecular flexibility index (Phi) is 5.93. The van der Waals surface area contributed by atoms with Gasteiger partial charge in [-0.15, -0.1) is 0 Å². The Hall–Kier alpha value is -3.78. The molecule has 0 spiro atoms. The molecule has 142 valence electrons. The minimum absolute atomic E-state index is 0.00548. The molecular formula is C20H17N3O5. The van der Waals surface area contributed by atoms with E-state index in [2.05, 4.69) is 10.5 Å². The number of hydrogen-bond donors (Lipinski definition) is 1. The van der Waals surface area contributed by atoms with Gasteiger partial charge >= 0.3 is 0 Å². The van der Waals surface area contributed by atoms with Crippen molar-refractivity contribution in [2.24, 2.45) is 5.10 Å². The summed E-state index contributed by atoms with van der Waals surface area (Å²) in [6.07, 6.45) is 0.593. The van der Waals surface area contributed by atoms with Crippen molar-refractivity contribution in [2.45, 2.75) is 6.10 Å². The van der Waals surface area contributed by atoms with Crippen LogP contribution >= 0.6 is 0 Å². The van der Waals surface area contributed by atoms with Gasteiger partial charge in [-0.05, 0) is 29.8 Å². The first kappa shape index (κ1) is 19.0. The lowest BCUT2D eigenvalue weighted by Crippen LogP contribution is -2.26. The van der Waals surface area contributed by atoms with Crippen LogP contribution in [0.25, 0.3) is 11.3 Å². The largest absolute Gasteiger partial charge is 0.455 e. The van der Waals surface area contributed by atoms with Crippen LogP contribution in [0, 0.1) is 10.1 Å². The van der Waals surface area contributed by atoms with Crippen LogP contribution in [-0.4, -0.2) is 24.2 Å². The van der Waals surface area contributed by atoms with E-state index in [0.717, 1.165) is 5.56 Å². The lowest BCUT2D eigenvalue weighted by Gasteiger charge is -2.13. The van der Waals surface area contributed by atoms with Gasteiger partial charge in [0.05, 0.1) is 11.1 Å². The minimum Gasteiger partial charge on any atom is -0.455 e. The molecule has 0 bridgehead atoms. The van der Waals surface area contributed by atoms with Crippen molar-refractivity contribution in [1.29, 1.82) is 0 Å². The molecule has 1 amide bonds. The summed E-state index contributed by atoms with van der Waals surface area (Å²) in [4.78, 5) is 22.5. The zero-order chi connectivity index (χ0) is 19.9. The highest BCUT2D eigenvalue weighted by molar-refractivity contribution is 5.84. The van der Waals surface area contributed by atoms with Gasteiger partial charge in [0.15, 0.2) is 6.10 Å². The minimum atomic E-state index is -0.773. The Morgan fingerprint density at radius 2 is 1.86 bits per heavy atom. The van der Waals surface area contributed by atoms with Crippen LogP contribution in [0.4, 0.5) is 5.69 Å². The van der Waals surface area contributed by atoms with Gasteiger partial charge in [0.2, 0.25) is 0 Å². The number of carbonyl (C=O) groups excluding carboxylic acids is 1. The van der Waals surface area contributed by atoms with Gasteiger partial charge in [-0.2, -0.15) is 5.10 Å². The first-order valence-electron chi connectivity index (χ1n) is 8.34. The number of nitro benzene ring substituents is 1. The highest BCUT2D eigenvalue weighted by atomic mass is 16.6. The second-order valence-electron chi connectivity index (χ2n) is 5.77. The number of hydrazone groups is 1. The molecule has 8 heteroatoms. The summed E-state index contributed by atoms with van der Waals surface area (Å²) < 4.78 is 10.9. The molecule has 2 aromatic carbocycles. The Morgan fingerprint density at radius 1 is 1.14 bits per heavy atom. The van der Waals surface area contributed by atoms with E-state index in [9.17, 15) is 14.9 Å². The van der Waals surface area contributed by atoms with Gasteiger partial charge in [0.25, 0.3) is 11.6 Å². The number of methoxy groups -OCH3 is 1. The van der Waals surface area contributed by atoms with Gasteiger partial charge in [-0.3, -0.25) is 14.9 Å². The van der Waals surface area contributed by atoms with Gasteiger partial charge in [0, 0.05) is 24.8 Å². The third-order valence-corrected chi connectivity index (χ3v) is 3.93. The fraction of sp³-hybridized carbons (Fsp3) is 0.100. The number of nitro groups is 1. The van der Waals surface area contributed by atoms with Crippen molar-refractivity contribution in [3.8, 4) is 11.3 Å². The van der Waals surface area contributed by atoms with E-state index in [4.69, 9.17) is 9.15 Å². The molecule has 28 heavy (non-hydrogen) atoms. The molecular weight excluding hydrogens is 362 g/mol. The number of rotatable bonds is 7. The zero-order valence-electron chi connectivity index (χ0n) is 14.9. The van der Waals surface area contributed by atoms with E-state index >= 15 is 0 Å². The Bertz CT molecular complexity index is 981. The summed E-state index contributed by atoms with van der Waals surface area (Å²) >= 11 is 0. The van der Waals surface area contributed by atoms with Crippen LogP contribution in [0.5, 0.6) is 0 Å². The van der Waals surface area contributed by atoms with Gasteiger partial charge in [0.1, 0.15) is 11.5 Å².